The number of benzene rings is 3. The summed E-state index contributed by atoms with van der Waals surface area (Å²) in [7, 11) is -3.26. The summed E-state index contributed by atoms with van der Waals surface area (Å²) >= 11 is 6.26. The first-order valence-corrected chi connectivity index (χ1v) is 15.8. The van der Waals surface area contributed by atoms with Crippen LogP contribution >= 0.6 is 11.6 Å². The summed E-state index contributed by atoms with van der Waals surface area (Å²) in [5.41, 5.74) is 0.755. The van der Waals surface area contributed by atoms with Gasteiger partial charge in [-0.3, -0.25) is 24.0 Å². The summed E-state index contributed by atoms with van der Waals surface area (Å²) in [6.45, 7) is 6.75. The number of hydrogen-bond donors (Lipinski definition) is 1. The van der Waals surface area contributed by atoms with Gasteiger partial charge in [0.15, 0.2) is 0 Å². The summed E-state index contributed by atoms with van der Waals surface area (Å²) in [5.74, 6) is -0.774. The number of carbonyl (C=O) groups is 2. The van der Waals surface area contributed by atoms with Crippen LogP contribution in [0, 0.1) is 23.0 Å². The Hall–Kier alpha value is -4.16. The number of methoxy groups -OCH3 is 1. The molecule has 0 radical (unpaired) electrons. The Bertz CT molecular complexity index is 1600. The van der Waals surface area contributed by atoms with Gasteiger partial charge in [-0.2, -0.15) is 0 Å². The van der Waals surface area contributed by atoms with E-state index in [9.17, 15) is 28.1 Å². The molecule has 13 heteroatoms. The highest BCUT2D eigenvalue weighted by atomic mass is 35.5. The summed E-state index contributed by atoms with van der Waals surface area (Å²) in [6.07, 6.45) is 0.409. The largest absolute Gasteiger partial charge is 0.495 e. The van der Waals surface area contributed by atoms with E-state index in [4.69, 9.17) is 16.3 Å². The minimum Gasteiger partial charge on any atom is -0.495 e. The Morgan fingerprint density at radius 2 is 1.73 bits per heavy atom. The third-order valence-corrected chi connectivity index (χ3v) is 8.98. The Morgan fingerprint density at radius 3 is 2.34 bits per heavy atom. The van der Waals surface area contributed by atoms with E-state index in [1.54, 1.807) is 6.92 Å². The predicted molar refractivity (Wildman–Crippen MR) is 170 cm³/mol. The minimum absolute atomic E-state index is 0.0449. The highest BCUT2D eigenvalue weighted by Crippen LogP contribution is 2.36. The maximum absolute atomic E-state index is 14.2. The first-order valence-electron chi connectivity index (χ1n) is 14.0. The van der Waals surface area contributed by atoms with Gasteiger partial charge < -0.3 is 15.0 Å². The average molecular weight is 645 g/mol. The summed E-state index contributed by atoms with van der Waals surface area (Å²) in [6, 6.07) is 16.2. The number of nitro benzene ring substituents is 1. The van der Waals surface area contributed by atoms with Crippen LogP contribution in [0.2, 0.25) is 5.02 Å². The molecule has 0 aliphatic heterocycles. The molecule has 0 bridgehead atoms. The summed E-state index contributed by atoms with van der Waals surface area (Å²) in [5, 5.41) is 14.6. The molecule has 2 amide bonds. The number of hydrogen-bond acceptors (Lipinski definition) is 7. The van der Waals surface area contributed by atoms with Crippen molar-refractivity contribution in [1.29, 1.82) is 0 Å². The van der Waals surface area contributed by atoms with Crippen molar-refractivity contribution in [1.82, 2.24) is 10.2 Å². The lowest BCUT2D eigenvalue weighted by Gasteiger charge is -2.32. The Kier molecular flexibility index (Phi) is 11.7. The predicted octanol–water partition coefficient (Wildman–Crippen LogP) is 4.99. The maximum atomic E-state index is 14.2. The fraction of sp³-hybridized carbons (Fsp3) is 0.355. The molecular formula is C31H37ClN4O7S. The van der Waals surface area contributed by atoms with Crippen molar-refractivity contribution in [2.75, 3.05) is 31.0 Å². The number of nitrogens with zero attached hydrogens (tertiary/aromatic N) is 3. The summed E-state index contributed by atoms with van der Waals surface area (Å²) < 4.78 is 34.6. The van der Waals surface area contributed by atoms with Crippen LogP contribution < -0.4 is 14.4 Å². The second-order valence-electron chi connectivity index (χ2n) is 10.7. The quantitative estimate of drug-likeness (QED) is 0.193. The Labute approximate surface area is 263 Å². The molecule has 3 aromatic rings. The SMILES string of the molecule is COc1ccc(Cl)cc1N(CC(=O)N(CCc1ccccc1)C(C)C(=O)NCC(C)C)S(=O)(=O)c1ccc(C)c([N+](=O)[O-])c1. The van der Waals surface area contributed by atoms with Gasteiger partial charge in [0.25, 0.3) is 15.7 Å². The molecule has 3 aromatic carbocycles. The van der Waals surface area contributed by atoms with E-state index in [1.165, 1.54) is 49.3 Å². The number of sulfonamides is 1. The second-order valence-corrected chi connectivity index (χ2v) is 13.0. The number of rotatable bonds is 14. The zero-order valence-electron chi connectivity index (χ0n) is 25.3. The number of aryl methyl sites for hydroxylation is 1. The second kappa shape index (κ2) is 15.0. The highest BCUT2D eigenvalue weighted by molar-refractivity contribution is 7.92. The third-order valence-electron chi connectivity index (χ3n) is 6.99. The normalized spacial score (nSPS) is 12.0. The van der Waals surface area contributed by atoms with Crippen LogP contribution in [-0.2, 0) is 26.0 Å². The standard InChI is InChI=1S/C31H37ClN4O7S/c1-21(2)19-33-31(38)23(4)34(16-15-24-9-7-6-8-10-24)30(37)20-35(28-17-25(32)12-14-29(28)43-5)44(41,42)26-13-11-22(3)27(18-26)36(39)40/h6-14,17-18,21,23H,15-16,19-20H2,1-5H3,(H,33,38). The Morgan fingerprint density at radius 1 is 1.05 bits per heavy atom. The summed E-state index contributed by atoms with van der Waals surface area (Å²) in [4.78, 5) is 39.1. The number of nitrogens with one attached hydrogen (secondary N) is 1. The van der Waals surface area contributed by atoms with Gasteiger partial charge in [-0.05, 0) is 56.0 Å². The van der Waals surface area contributed by atoms with Gasteiger partial charge in [0.1, 0.15) is 18.3 Å². The van der Waals surface area contributed by atoms with Gasteiger partial charge in [0.05, 0.1) is 22.6 Å². The minimum atomic E-state index is -4.60. The van der Waals surface area contributed by atoms with E-state index in [1.807, 2.05) is 44.2 Å². The molecule has 0 aromatic heterocycles. The molecule has 1 unspecified atom stereocenters. The zero-order chi connectivity index (χ0) is 32.6. The van der Waals surface area contributed by atoms with Gasteiger partial charge >= 0.3 is 0 Å². The van der Waals surface area contributed by atoms with E-state index >= 15 is 0 Å². The van der Waals surface area contributed by atoms with Gasteiger partial charge in [0.2, 0.25) is 11.8 Å². The van der Waals surface area contributed by atoms with Crippen molar-refractivity contribution in [2.45, 2.75) is 45.1 Å². The fourth-order valence-corrected chi connectivity index (χ4v) is 6.07. The number of ether oxygens (including phenoxy) is 1. The molecule has 1 N–H and O–H groups in total. The number of amides is 2. The molecule has 3 rings (SSSR count). The molecule has 0 fully saturated rings. The molecule has 236 valence electrons. The van der Waals surface area contributed by atoms with Gasteiger partial charge in [-0.1, -0.05) is 61.8 Å². The molecule has 0 saturated heterocycles. The molecule has 0 aliphatic rings. The lowest BCUT2D eigenvalue weighted by molar-refractivity contribution is -0.385. The van der Waals surface area contributed by atoms with Crippen LogP contribution in [-0.4, -0.2) is 62.8 Å². The van der Waals surface area contributed by atoms with Gasteiger partial charge in [-0.25, -0.2) is 8.42 Å². The van der Waals surface area contributed by atoms with Crippen molar-refractivity contribution in [3.63, 3.8) is 0 Å². The average Bonchev–Trinajstić information content (AvgIpc) is 2.98. The van der Waals surface area contributed by atoms with E-state index in [0.717, 1.165) is 15.9 Å². The Balaban J connectivity index is 2.10. The number of carbonyl (C=O) groups excluding carboxylic acids is 2. The number of halogens is 1. The molecular weight excluding hydrogens is 608 g/mol. The van der Waals surface area contributed by atoms with Crippen LogP contribution in [0.1, 0.15) is 31.9 Å². The first-order chi connectivity index (χ1) is 20.8. The van der Waals surface area contributed by atoms with Crippen LogP contribution in [0.15, 0.2) is 71.6 Å². The van der Waals surface area contributed by atoms with Crippen molar-refractivity contribution in [3.05, 3.63) is 93.0 Å². The molecule has 0 heterocycles. The third kappa shape index (κ3) is 8.48. The first kappa shape index (κ1) is 34.3. The molecule has 1 atom stereocenters. The van der Waals surface area contributed by atoms with Crippen molar-refractivity contribution in [2.24, 2.45) is 5.92 Å². The molecule has 0 aliphatic carbocycles. The van der Waals surface area contributed by atoms with E-state index in [2.05, 4.69) is 5.32 Å². The molecule has 0 saturated carbocycles. The van der Waals surface area contributed by atoms with Gasteiger partial charge in [0, 0.05) is 29.7 Å². The van der Waals surface area contributed by atoms with Crippen molar-refractivity contribution < 1.29 is 27.7 Å². The molecule has 11 nitrogen and oxygen atoms in total. The number of nitro groups is 1. The maximum Gasteiger partial charge on any atom is 0.273 e. The lowest BCUT2D eigenvalue weighted by Crippen LogP contribution is -2.52. The van der Waals surface area contributed by atoms with Crippen molar-refractivity contribution >= 4 is 44.8 Å². The van der Waals surface area contributed by atoms with Crippen LogP contribution in [0.5, 0.6) is 5.75 Å². The molecule has 44 heavy (non-hydrogen) atoms. The number of anilines is 1. The van der Waals surface area contributed by atoms with E-state index in [-0.39, 0.29) is 40.4 Å². The topological polar surface area (TPSA) is 139 Å². The lowest BCUT2D eigenvalue weighted by atomic mass is 10.1. The van der Waals surface area contributed by atoms with Gasteiger partial charge in [-0.15, -0.1) is 0 Å². The van der Waals surface area contributed by atoms with Crippen LogP contribution in [0.3, 0.4) is 0 Å². The van der Waals surface area contributed by atoms with Crippen LogP contribution in [0.4, 0.5) is 11.4 Å². The fourth-order valence-electron chi connectivity index (χ4n) is 4.47. The zero-order valence-corrected chi connectivity index (χ0v) is 26.9. The van der Waals surface area contributed by atoms with Crippen LogP contribution in [0.25, 0.3) is 0 Å². The highest BCUT2D eigenvalue weighted by Gasteiger charge is 2.34. The smallest absolute Gasteiger partial charge is 0.273 e. The molecule has 0 spiro atoms. The van der Waals surface area contributed by atoms with Crippen molar-refractivity contribution in [3.8, 4) is 5.75 Å². The van der Waals surface area contributed by atoms with E-state index in [0.29, 0.717) is 13.0 Å². The monoisotopic (exact) mass is 644 g/mol. The van der Waals surface area contributed by atoms with E-state index < -0.39 is 44.0 Å².